The first-order valence-corrected chi connectivity index (χ1v) is 3.89. The van der Waals surface area contributed by atoms with Gasteiger partial charge in [0.1, 0.15) is 17.4 Å². The summed E-state index contributed by atoms with van der Waals surface area (Å²) in [7, 11) is 0. The Labute approximate surface area is 84.5 Å². The fourth-order valence-electron chi connectivity index (χ4n) is 1.15. The van der Waals surface area contributed by atoms with Gasteiger partial charge in [0.15, 0.2) is 5.78 Å². The fraction of sp³-hybridized carbons (Fsp3) is 0.111. The van der Waals surface area contributed by atoms with Crippen molar-refractivity contribution in [3.63, 3.8) is 0 Å². The van der Waals surface area contributed by atoms with E-state index < -0.39 is 22.1 Å². The number of aromatic hydroxyl groups is 1. The molecule has 1 aromatic carbocycles. The molecule has 1 rings (SSSR count). The van der Waals surface area contributed by atoms with E-state index in [0.717, 1.165) is 12.1 Å². The lowest BCUT2D eigenvalue weighted by Crippen LogP contribution is -2.01. The second-order valence-electron chi connectivity index (χ2n) is 2.81. The maximum Gasteiger partial charge on any atom is 0.291 e. The minimum Gasteiger partial charge on any atom is -0.508 e. The Morgan fingerprint density at radius 1 is 1.60 bits per heavy atom. The second-order valence-corrected chi connectivity index (χ2v) is 2.81. The van der Waals surface area contributed by atoms with E-state index in [1.54, 1.807) is 6.07 Å². The van der Waals surface area contributed by atoms with E-state index in [0.29, 0.717) is 0 Å². The van der Waals surface area contributed by atoms with Crippen molar-refractivity contribution in [2.75, 3.05) is 0 Å². The van der Waals surface area contributed by atoms with Crippen molar-refractivity contribution in [2.45, 2.75) is 6.92 Å². The molecular formula is C9H6N2O4. The summed E-state index contributed by atoms with van der Waals surface area (Å²) in [5.41, 5.74) is -1.04. The quantitative estimate of drug-likeness (QED) is 0.447. The van der Waals surface area contributed by atoms with Crippen molar-refractivity contribution in [1.82, 2.24) is 0 Å². The summed E-state index contributed by atoms with van der Waals surface area (Å²) in [4.78, 5) is 20.8. The number of hydrogen-bond acceptors (Lipinski definition) is 5. The maximum absolute atomic E-state index is 11.1. The highest BCUT2D eigenvalue weighted by Crippen LogP contribution is 2.27. The minimum atomic E-state index is -0.815. The van der Waals surface area contributed by atoms with Gasteiger partial charge < -0.3 is 5.11 Å². The molecule has 0 spiro atoms. The number of nitro groups is 1. The Morgan fingerprint density at radius 3 is 2.60 bits per heavy atom. The summed E-state index contributed by atoms with van der Waals surface area (Å²) < 4.78 is 0. The third-order valence-corrected chi connectivity index (χ3v) is 1.79. The molecular weight excluding hydrogens is 200 g/mol. The Bertz CT molecular complexity index is 452. The van der Waals surface area contributed by atoms with Crippen molar-refractivity contribution in [3.8, 4) is 11.8 Å². The largest absolute Gasteiger partial charge is 0.508 e. The van der Waals surface area contributed by atoms with E-state index in [2.05, 4.69) is 0 Å². The molecule has 0 aliphatic carbocycles. The second kappa shape index (κ2) is 3.75. The van der Waals surface area contributed by atoms with Crippen LogP contribution in [-0.4, -0.2) is 15.8 Å². The van der Waals surface area contributed by atoms with Crippen LogP contribution in [-0.2, 0) is 0 Å². The average Bonchev–Trinajstić information content (AvgIpc) is 2.16. The van der Waals surface area contributed by atoms with Crippen molar-refractivity contribution in [1.29, 1.82) is 5.26 Å². The number of nitro benzene ring substituents is 1. The van der Waals surface area contributed by atoms with Crippen LogP contribution >= 0.6 is 0 Å². The van der Waals surface area contributed by atoms with Crippen molar-refractivity contribution < 1.29 is 14.8 Å². The molecule has 0 atom stereocenters. The molecule has 0 aliphatic heterocycles. The van der Waals surface area contributed by atoms with E-state index in [9.17, 15) is 14.9 Å². The van der Waals surface area contributed by atoms with Gasteiger partial charge in [0.05, 0.1) is 11.0 Å². The van der Waals surface area contributed by atoms with Gasteiger partial charge in [-0.25, -0.2) is 0 Å². The molecule has 0 amide bonds. The Morgan fingerprint density at radius 2 is 2.20 bits per heavy atom. The number of hydrogen-bond donors (Lipinski definition) is 1. The van der Waals surface area contributed by atoms with Gasteiger partial charge in [0.2, 0.25) is 0 Å². The van der Waals surface area contributed by atoms with Crippen LogP contribution in [0.1, 0.15) is 22.8 Å². The first-order valence-electron chi connectivity index (χ1n) is 3.89. The number of phenolic OH excluding ortho intramolecular Hbond substituents is 1. The van der Waals surface area contributed by atoms with Crippen LogP contribution in [0.15, 0.2) is 12.1 Å². The summed E-state index contributed by atoms with van der Waals surface area (Å²) in [6.07, 6.45) is 0. The van der Waals surface area contributed by atoms with Gasteiger partial charge in [-0.15, -0.1) is 0 Å². The lowest BCUT2D eigenvalue weighted by molar-refractivity contribution is -0.385. The first kappa shape index (κ1) is 10.7. The summed E-state index contributed by atoms with van der Waals surface area (Å²) in [6, 6.07) is 3.45. The number of carbonyl (C=O) groups is 1. The molecule has 15 heavy (non-hydrogen) atoms. The van der Waals surface area contributed by atoms with Crippen molar-refractivity contribution >= 4 is 11.5 Å². The van der Waals surface area contributed by atoms with Crippen LogP contribution in [0.5, 0.6) is 5.75 Å². The molecule has 0 aromatic heterocycles. The molecule has 0 unspecified atom stereocenters. The molecule has 0 radical (unpaired) electrons. The van der Waals surface area contributed by atoms with Gasteiger partial charge >= 0.3 is 0 Å². The summed E-state index contributed by atoms with van der Waals surface area (Å²) in [5, 5.41) is 28.4. The highest BCUT2D eigenvalue weighted by molar-refractivity contribution is 5.98. The third-order valence-electron chi connectivity index (χ3n) is 1.79. The highest BCUT2D eigenvalue weighted by atomic mass is 16.6. The molecule has 0 heterocycles. The molecule has 1 N–H and O–H groups in total. The zero-order valence-electron chi connectivity index (χ0n) is 7.72. The summed E-state index contributed by atoms with van der Waals surface area (Å²) >= 11 is 0. The van der Waals surface area contributed by atoms with E-state index in [4.69, 9.17) is 10.4 Å². The van der Waals surface area contributed by atoms with Crippen LogP contribution in [0.25, 0.3) is 0 Å². The maximum atomic E-state index is 11.1. The van der Waals surface area contributed by atoms with Gasteiger partial charge in [-0.05, 0) is 13.0 Å². The van der Waals surface area contributed by atoms with Crippen LogP contribution in [0.4, 0.5) is 5.69 Å². The van der Waals surface area contributed by atoms with Crippen molar-refractivity contribution in [2.24, 2.45) is 0 Å². The molecule has 0 saturated carbocycles. The van der Waals surface area contributed by atoms with Gasteiger partial charge in [0.25, 0.3) is 5.69 Å². The van der Waals surface area contributed by atoms with E-state index in [1.165, 1.54) is 6.92 Å². The van der Waals surface area contributed by atoms with Gasteiger partial charge in [-0.1, -0.05) is 0 Å². The number of Topliss-reactive ketones (excluding diaryl/α,β-unsaturated/α-hetero) is 1. The molecule has 1 aromatic rings. The zero-order chi connectivity index (χ0) is 11.6. The Kier molecular flexibility index (Phi) is 2.67. The molecule has 6 heteroatoms. The van der Waals surface area contributed by atoms with E-state index in [1.807, 2.05) is 0 Å². The van der Waals surface area contributed by atoms with E-state index in [-0.39, 0.29) is 11.1 Å². The molecule has 0 aliphatic rings. The normalized spacial score (nSPS) is 9.33. The lowest BCUT2D eigenvalue weighted by Gasteiger charge is -2.01. The number of phenols is 1. The monoisotopic (exact) mass is 206 g/mol. The van der Waals surface area contributed by atoms with Gasteiger partial charge in [-0.2, -0.15) is 5.26 Å². The number of carbonyl (C=O) groups excluding carboxylic acids is 1. The molecule has 0 saturated heterocycles. The molecule has 0 fully saturated rings. The topological polar surface area (TPSA) is 104 Å². The average molecular weight is 206 g/mol. The predicted molar refractivity (Wildman–Crippen MR) is 49.5 cm³/mol. The summed E-state index contributed by atoms with van der Waals surface area (Å²) in [5.74, 6) is -0.920. The SMILES string of the molecule is CC(=O)c1cc(O)cc([N+](=O)[O-])c1C#N. The standard InChI is InChI=1S/C9H6N2O4/c1-5(12)7-2-6(13)3-9(11(14)15)8(7)4-10/h2-3,13H,1H3. The number of nitriles is 1. The molecule has 76 valence electrons. The number of nitrogens with zero attached hydrogens (tertiary/aromatic N) is 2. The van der Waals surface area contributed by atoms with Gasteiger partial charge in [0, 0.05) is 5.56 Å². The minimum absolute atomic E-state index is 0.149. The zero-order valence-corrected chi connectivity index (χ0v) is 7.72. The lowest BCUT2D eigenvalue weighted by atomic mass is 10.0. The number of ketones is 1. The van der Waals surface area contributed by atoms with E-state index >= 15 is 0 Å². The van der Waals surface area contributed by atoms with Gasteiger partial charge in [-0.3, -0.25) is 14.9 Å². The Balaban J connectivity index is 3.62. The highest BCUT2D eigenvalue weighted by Gasteiger charge is 2.21. The van der Waals surface area contributed by atoms with Crippen LogP contribution < -0.4 is 0 Å². The van der Waals surface area contributed by atoms with Crippen LogP contribution in [0, 0.1) is 21.4 Å². The smallest absolute Gasteiger partial charge is 0.291 e. The van der Waals surface area contributed by atoms with Crippen LogP contribution in [0.2, 0.25) is 0 Å². The van der Waals surface area contributed by atoms with Crippen LogP contribution in [0.3, 0.4) is 0 Å². The third kappa shape index (κ3) is 1.91. The Hall–Kier alpha value is -2.42. The summed E-state index contributed by atoms with van der Waals surface area (Å²) in [6.45, 7) is 1.17. The number of benzene rings is 1. The fourth-order valence-corrected chi connectivity index (χ4v) is 1.15. The predicted octanol–water partition coefficient (Wildman–Crippen LogP) is 1.37. The first-order chi connectivity index (χ1) is 6.97. The molecule has 6 nitrogen and oxygen atoms in total. The molecule has 0 bridgehead atoms. The number of rotatable bonds is 2. The van der Waals surface area contributed by atoms with Crippen molar-refractivity contribution in [3.05, 3.63) is 33.4 Å².